The summed E-state index contributed by atoms with van der Waals surface area (Å²) in [7, 11) is 0. The third-order valence-electron chi connectivity index (χ3n) is 1.52. The monoisotopic (exact) mass is 163 g/mol. The molecule has 0 saturated heterocycles. The van der Waals surface area contributed by atoms with E-state index < -0.39 is 0 Å². The van der Waals surface area contributed by atoms with Crippen LogP contribution in [0.1, 0.15) is 32.8 Å². The van der Waals surface area contributed by atoms with E-state index in [1.165, 1.54) is 11.1 Å². The van der Waals surface area contributed by atoms with Crippen molar-refractivity contribution in [3.8, 4) is 0 Å². The third-order valence-corrected chi connectivity index (χ3v) is 1.52. The van der Waals surface area contributed by atoms with Crippen LogP contribution in [0, 0.1) is 0 Å². The second kappa shape index (κ2) is 6.59. The Bertz CT molecular complexity index is 214. The second-order valence-electron chi connectivity index (χ2n) is 2.19. The number of allylic oxidation sites excluding steroid dienone is 1. The summed E-state index contributed by atoms with van der Waals surface area (Å²) in [5.74, 6) is 0. The van der Waals surface area contributed by atoms with Crippen LogP contribution in [0.15, 0.2) is 31.1 Å². The molecule has 0 saturated carbocycles. The number of pyridine rings is 1. The topological polar surface area (TPSA) is 12.9 Å². The van der Waals surface area contributed by atoms with Gasteiger partial charge in [-0.05, 0) is 29.7 Å². The minimum Gasteiger partial charge on any atom is -0.265 e. The molecule has 0 bridgehead atoms. The van der Waals surface area contributed by atoms with E-state index >= 15 is 0 Å². The van der Waals surface area contributed by atoms with Crippen LogP contribution >= 0.6 is 0 Å². The number of rotatable bonds is 2. The zero-order valence-corrected chi connectivity index (χ0v) is 8.17. The zero-order valence-electron chi connectivity index (χ0n) is 8.17. The molecule has 0 unspecified atom stereocenters. The number of hydrogen-bond acceptors (Lipinski definition) is 1. The summed E-state index contributed by atoms with van der Waals surface area (Å²) >= 11 is 0. The summed E-state index contributed by atoms with van der Waals surface area (Å²) < 4.78 is 0. The highest BCUT2D eigenvalue weighted by Gasteiger charge is 1.91. The van der Waals surface area contributed by atoms with Gasteiger partial charge in [-0.3, -0.25) is 4.98 Å². The van der Waals surface area contributed by atoms with Gasteiger partial charge < -0.3 is 0 Å². The molecule has 1 heteroatoms. The van der Waals surface area contributed by atoms with Crippen molar-refractivity contribution in [2.24, 2.45) is 0 Å². The first-order chi connectivity index (χ1) is 5.84. The molecule has 0 spiro atoms. The Labute approximate surface area is 75.2 Å². The Morgan fingerprint density at radius 1 is 1.33 bits per heavy atom. The van der Waals surface area contributed by atoms with Crippen molar-refractivity contribution in [1.29, 1.82) is 0 Å². The number of hydrogen-bond donors (Lipinski definition) is 0. The summed E-state index contributed by atoms with van der Waals surface area (Å²) in [6, 6.07) is 3.96. The SMILES string of the molecule is C=C(CC)c1ccncc1.CC. The molecule has 12 heavy (non-hydrogen) atoms. The first-order valence-corrected chi connectivity index (χ1v) is 4.42. The van der Waals surface area contributed by atoms with Crippen LogP contribution in [-0.4, -0.2) is 4.98 Å². The van der Waals surface area contributed by atoms with Crippen molar-refractivity contribution in [3.63, 3.8) is 0 Å². The van der Waals surface area contributed by atoms with Crippen molar-refractivity contribution in [1.82, 2.24) is 4.98 Å². The Kier molecular flexibility index (Phi) is 5.98. The Balaban J connectivity index is 0.000000561. The van der Waals surface area contributed by atoms with Gasteiger partial charge in [0.25, 0.3) is 0 Å². The maximum Gasteiger partial charge on any atom is 0.0273 e. The quantitative estimate of drug-likeness (QED) is 0.650. The number of nitrogens with zero attached hydrogens (tertiary/aromatic N) is 1. The molecule has 0 aliphatic carbocycles. The average molecular weight is 163 g/mol. The highest BCUT2D eigenvalue weighted by molar-refractivity contribution is 5.62. The fourth-order valence-electron chi connectivity index (χ4n) is 0.792. The molecule has 1 nitrogen and oxygen atoms in total. The standard InChI is InChI=1S/C9H11N.C2H6/c1-3-8(2)9-4-6-10-7-5-9;1-2/h4-7H,2-3H2,1H3;1-2H3. The van der Waals surface area contributed by atoms with Crippen molar-refractivity contribution in [3.05, 3.63) is 36.7 Å². The van der Waals surface area contributed by atoms with Gasteiger partial charge in [0.2, 0.25) is 0 Å². The van der Waals surface area contributed by atoms with Gasteiger partial charge in [0, 0.05) is 12.4 Å². The Morgan fingerprint density at radius 2 is 1.83 bits per heavy atom. The van der Waals surface area contributed by atoms with E-state index in [1.807, 2.05) is 26.0 Å². The van der Waals surface area contributed by atoms with Crippen LogP contribution in [-0.2, 0) is 0 Å². The van der Waals surface area contributed by atoms with Crippen molar-refractivity contribution >= 4 is 5.57 Å². The van der Waals surface area contributed by atoms with E-state index in [-0.39, 0.29) is 0 Å². The molecule has 0 atom stereocenters. The molecule has 1 aromatic heterocycles. The van der Waals surface area contributed by atoms with Gasteiger partial charge >= 0.3 is 0 Å². The zero-order chi connectivity index (χ0) is 9.40. The van der Waals surface area contributed by atoms with E-state index in [1.54, 1.807) is 12.4 Å². The van der Waals surface area contributed by atoms with E-state index in [2.05, 4.69) is 18.5 Å². The van der Waals surface area contributed by atoms with Crippen LogP contribution in [0.4, 0.5) is 0 Å². The molecule has 0 N–H and O–H groups in total. The lowest BCUT2D eigenvalue weighted by atomic mass is 10.1. The minimum atomic E-state index is 1.00. The maximum absolute atomic E-state index is 3.92. The van der Waals surface area contributed by atoms with Crippen LogP contribution in [0.3, 0.4) is 0 Å². The molecule has 0 amide bonds. The van der Waals surface area contributed by atoms with Crippen molar-refractivity contribution < 1.29 is 0 Å². The fraction of sp³-hybridized carbons (Fsp3) is 0.364. The van der Waals surface area contributed by atoms with Gasteiger partial charge in [-0.15, -0.1) is 0 Å². The normalized spacial score (nSPS) is 8.25. The van der Waals surface area contributed by atoms with Gasteiger partial charge in [-0.2, -0.15) is 0 Å². The molecule has 0 aliphatic heterocycles. The summed E-state index contributed by atoms with van der Waals surface area (Å²) in [5, 5.41) is 0. The molecular weight excluding hydrogens is 146 g/mol. The molecular formula is C11H17N. The highest BCUT2D eigenvalue weighted by atomic mass is 14.6. The fourth-order valence-corrected chi connectivity index (χ4v) is 0.792. The van der Waals surface area contributed by atoms with Gasteiger partial charge in [0.15, 0.2) is 0 Å². The lowest BCUT2D eigenvalue weighted by molar-refractivity contribution is 1.23. The first-order valence-electron chi connectivity index (χ1n) is 4.42. The third kappa shape index (κ3) is 3.33. The van der Waals surface area contributed by atoms with Crippen molar-refractivity contribution in [2.45, 2.75) is 27.2 Å². The van der Waals surface area contributed by atoms with E-state index in [0.717, 1.165) is 6.42 Å². The van der Waals surface area contributed by atoms with Crippen LogP contribution in [0.25, 0.3) is 5.57 Å². The smallest absolute Gasteiger partial charge is 0.0273 e. The summed E-state index contributed by atoms with van der Waals surface area (Å²) in [4.78, 5) is 3.92. The van der Waals surface area contributed by atoms with Gasteiger partial charge in [0.1, 0.15) is 0 Å². The molecule has 0 aliphatic rings. The molecule has 0 aromatic carbocycles. The summed E-state index contributed by atoms with van der Waals surface area (Å²) in [6.07, 6.45) is 4.58. The molecule has 1 rings (SSSR count). The van der Waals surface area contributed by atoms with Crippen molar-refractivity contribution in [2.75, 3.05) is 0 Å². The molecule has 66 valence electrons. The lowest BCUT2D eigenvalue weighted by Gasteiger charge is -1.99. The minimum absolute atomic E-state index is 1.00. The average Bonchev–Trinajstić information content (AvgIpc) is 2.21. The summed E-state index contributed by atoms with van der Waals surface area (Å²) in [5.41, 5.74) is 2.36. The molecule has 1 heterocycles. The Hall–Kier alpha value is -1.11. The van der Waals surface area contributed by atoms with E-state index in [0.29, 0.717) is 0 Å². The molecule has 0 radical (unpaired) electrons. The summed E-state index contributed by atoms with van der Waals surface area (Å²) in [6.45, 7) is 10.0. The predicted octanol–water partition coefficient (Wildman–Crippen LogP) is 3.53. The second-order valence-corrected chi connectivity index (χ2v) is 2.19. The lowest BCUT2D eigenvalue weighted by Crippen LogP contribution is -1.79. The van der Waals surface area contributed by atoms with Gasteiger partial charge in [-0.1, -0.05) is 27.4 Å². The van der Waals surface area contributed by atoms with Gasteiger partial charge in [0.05, 0.1) is 0 Å². The highest BCUT2D eigenvalue weighted by Crippen LogP contribution is 2.12. The first kappa shape index (κ1) is 10.9. The maximum atomic E-state index is 3.92. The molecule has 0 fully saturated rings. The van der Waals surface area contributed by atoms with E-state index in [4.69, 9.17) is 0 Å². The number of aromatic nitrogens is 1. The van der Waals surface area contributed by atoms with Crippen LogP contribution in [0.2, 0.25) is 0 Å². The predicted molar refractivity (Wildman–Crippen MR) is 54.9 cm³/mol. The van der Waals surface area contributed by atoms with Crippen LogP contribution in [0.5, 0.6) is 0 Å². The Morgan fingerprint density at radius 3 is 2.25 bits per heavy atom. The van der Waals surface area contributed by atoms with Gasteiger partial charge in [-0.25, -0.2) is 0 Å². The van der Waals surface area contributed by atoms with E-state index in [9.17, 15) is 0 Å². The van der Waals surface area contributed by atoms with Crippen LogP contribution < -0.4 is 0 Å². The molecule has 1 aromatic rings. The largest absolute Gasteiger partial charge is 0.265 e.